The smallest absolute Gasteiger partial charge is 0.128 e. The lowest BCUT2D eigenvalue weighted by Gasteiger charge is -2.24. The van der Waals surface area contributed by atoms with Crippen LogP contribution in [0.1, 0.15) is 63.5 Å². The van der Waals surface area contributed by atoms with Crippen LogP contribution in [0.25, 0.3) is 0 Å². The van der Waals surface area contributed by atoms with Gasteiger partial charge in [-0.25, -0.2) is 4.39 Å². The molecule has 0 aliphatic heterocycles. The lowest BCUT2D eigenvalue weighted by molar-refractivity contribution is 0.514. The van der Waals surface area contributed by atoms with Crippen molar-refractivity contribution in [2.45, 2.75) is 57.9 Å². The first kappa shape index (κ1) is 16.5. The number of benzene rings is 1. The molecule has 0 bridgehead atoms. The number of nitrogens with one attached hydrogen (secondary N) is 1. The summed E-state index contributed by atoms with van der Waals surface area (Å²) in [7, 11) is 0. The Bertz CT molecular complexity index is 484. The SMILES string of the molecule is CCCNC(/C1=C/CCCCCC1)c1cc(Cl)ccc1F. The molecule has 1 N–H and O–H groups in total. The fourth-order valence-electron chi connectivity index (χ4n) is 2.94. The van der Waals surface area contributed by atoms with Gasteiger partial charge in [0.1, 0.15) is 5.82 Å². The number of allylic oxidation sites excluding steroid dienone is 1. The van der Waals surface area contributed by atoms with Crippen LogP contribution in [-0.2, 0) is 0 Å². The maximum absolute atomic E-state index is 14.3. The van der Waals surface area contributed by atoms with Crippen LogP contribution in [0.3, 0.4) is 0 Å². The molecule has 2 rings (SSSR count). The molecule has 0 radical (unpaired) electrons. The van der Waals surface area contributed by atoms with Gasteiger partial charge in [-0.1, -0.05) is 43.0 Å². The monoisotopic (exact) mass is 309 g/mol. The minimum absolute atomic E-state index is 0.0400. The van der Waals surface area contributed by atoms with Crippen molar-refractivity contribution in [2.24, 2.45) is 0 Å². The molecule has 0 amide bonds. The molecule has 3 heteroatoms. The van der Waals surface area contributed by atoms with Crippen LogP contribution < -0.4 is 5.32 Å². The molecule has 0 spiro atoms. The zero-order chi connectivity index (χ0) is 15.1. The average molecular weight is 310 g/mol. The van der Waals surface area contributed by atoms with E-state index in [1.54, 1.807) is 12.1 Å². The van der Waals surface area contributed by atoms with Gasteiger partial charge in [-0.15, -0.1) is 0 Å². The Balaban J connectivity index is 2.29. The number of halogens is 2. The van der Waals surface area contributed by atoms with Gasteiger partial charge < -0.3 is 5.32 Å². The highest BCUT2D eigenvalue weighted by Gasteiger charge is 2.20. The Morgan fingerprint density at radius 2 is 2.05 bits per heavy atom. The van der Waals surface area contributed by atoms with Crippen molar-refractivity contribution >= 4 is 11.6 Å². The second-order valence-electron chi connectivity index (χ2n) is 5.78. The summed E-state index contributed by atoms with van der Waals surface area (Å²) in [4.78, 5) is 0. The molecule has 1 aromatic carbocycles. The highest BCUT2D eigenvalue weighted by atomic mass is 35.5. The van der Waals surface area contributed by atoms with Gasteiger partial charge >= 0.3 is 0 Å². The molecule has 1 aliphatic carbocycles. The molecule has 21 heavy (non-hydrogen) atoms. The van der Waals surface area contributed by atoms with E-state index < -0.39 is 0 Å². The topological polar surface area (TPSA) is 12.0 Å². The van der Waals surface area contributed by atoms with Crippen molar-refractivity contribution in [3.63, 3.8) is 0 Å². The maximum atomic E-state index is 14.3. The van der Waals surface area contributed by atoms with Crippen molar-refractivity contribution in [2.75, 3.05) is 6.54 Å². The van der Waals surface area contributed by atoms with E-state index in [1.807, 2.05) is 0 Å². The zero-order valence-corrected chi connectivity index (χ0v) is 13.6. The van der Waals surface area contributed by atoms with Gasteiger partial charge in [-0.05, 0) is 56.8 Å². The second kappa shape index (κ2) is 8.55. The number of rotatable bonds is 5. The molecule has 1 aliphatic rings. The van der Waals surface area contributed by atoms with Gasteiger partial charge in [-0.3, -0.25) is 0 Å². The van der Waals surface area contributed by atoms with E-state index in [0.717, 1.165) is 25.8 Å². The van der Waals surface area contributed by atoms with Gasteiger partial charge in [0.15, 0.2) is 0 Å². The van der Waals surface area contributed by atoms with Crippen molar-refractivity contribution in [1.82, 2.24) is 5.32 Å². The summed E-state index contributed by atoms with van der Waals surface area (Å²) >= 11 is 6.08. The van der Waals surface area contributed by atoms with Gasteiger partial charge in [0.2, 0.25) is 0 Å². The summed E-state index contributed by atoms with van der Waals surface area (Å²) in [5.41, 5.74) is 2.01. The standard InChI is InChI=1S/C18H25ClFN/c1-2-12-21-18(14-8-6-4-3-5-7-9-14)16-13-15(19)10-11-17(16)20/h8,10-11,13,18,21H,2-7,9,12H2,1H3/b14-8+. The van der Waals surface area contributed by atoms with Crippen LogP contribution in [0.4, 0.5) is 4.39 Å². The lowest BCUT2D eigenvalue weighted by Crippen LogP contribution is -2.25. The first-order valence-corrected chi connectivity index (χ1v) is 8.47. The highest BCUT2D eigenvalue weighted by Crippen LogP contribution is 2.31. The van der Waals surface area contributed by atoms with E-state index in [9.17, 15) is 4.39 Å². The minimum Gasteiger partial charge on any atom is -0.306 e. The van der Waals surface area contributed by atoms with E-state index in [0.29, 0.717) is 10.6 Å². The molecule has 1 aromatic rings. The Morgan fingerprint density at radius 1 is 1.24 bits per heavy atom. The van der Waals surface area contributed by atoms with Gasteiger partial charge in [0, 0.05) is 10.6 Å². The molecule has 0 aromatic heterocycles. The first-order chi connectivity index (χ1) is 10.2. The summed E-state index contributed by atoms with van der Waals surface area (Å²) in [6.45, 7) is 3.01. The van der Waals surface area contributed by atoms with Crippen LogP contribution in [0, 0.1) is 5.82 Å². The summed E-state index contributed by atoms with van der Waals surface area (Å²) in [6, 6.07) is 4.82. The molecule has 0 fully saturated rings. The third kappa shape index (κ3) is 4.82. The molecule has 116 valence electrons. The largest absolute Gasteiger partial charge is 0.306 e. The Kier molecular flexibility index (Phi) is 6.72. The summed E-state index contributed by atoms with van der Waals surface area (Å²) in [6.07, 6.45) is 10.5. The maximum Gasteiger partial charge on any atom is 0.128 e. The van der Waals surface area contributed by atoms with E-state index >= 15 is 0 Å². The van der Waals surface area contributed by atoms with Crippen LogP contribution in [0.2, 0.25) is 5.02 Å². The Labute approximate surface area is 132 Å². The van der Waals surface area contributed by atoms with Crippen molar-refractivity contribution in [3.05, 3.63) is 46.3 Å². The Hall–Kier alpha value is -0.860. The summed E-state index contributed by atoms with van der Waals surface area (Å²) in [5.74, 6) is -0.170. The first-order valence-electron chi connectivity index (χ1n) is 8.09. The predicted molar refractivity (Wildman–Crippen MR) is 88.2 cm³/mol. The second-order valence-corrected chi connectivity index (χ2v) is 6.22. The fraction of sp³-hybridized carbons (Fsp3) is 0.556. The molecular weight excluding hydrogens is 285 g/mol. The number of hydrogen-bond donors (Lipinski definition) is 1. The third-order valence-corrected chi connectivity index (χ3v) is 4.30. The molecule has 0 heterocycles. The molecule has 0 saturated carbocycles. The van der Waals surface area contributed by atoms with Crippen LogP contribution in [-0.4, -0.2) is 6.54 Å². The molecule has 1 unspecified atom stereocenters. The van der Waals surface area contributed by atoms with Crippen molar-refractivity contribution in [1.29, 1.82) is 0 Å². The van der Waals surface area contributed by atoms with Crippen molar-refractivity contribution < 1.29 is 4.39 Å². The lowest BCUT2D eigenvalue weighted by atomic mass is 9.90. The van der Waals surface area contributed by atoms with Crippen LogP contribution in [0.15, 0.2) is 29.8 Å². The highest BCUT2D eigenvalue weighted by molar-refractivity contribution is 6.30. The zero-order valence-electron chi connectivity index (χ0n) is 12.8. The van der Waals surface area contributed by atoms with E-state index in [2.05, 4.69) is 18.3 Å². The third-order valence-electron chi connectivity index (χ3n) is 4.06. The quantitative estimate of drug-likeness (QED) is 0.678. The normalized spacial score (nSPS) is 20.2. The van der Waals surface area contributed by atoms with Gasteiger partial charge in [0.05, 0.1) is 6.04 Å². The average Bonchev–Trinajstić information content (AvgIpc) is 2.44. The fourth-order valence-corrected chi connectivity index (χ4v) is 3.12. The minimum atomic E-state index is -0.170. The van der Waals surface area contributed by atoms with E-state index in [-0.39, 0.29) is 11.9 Å². The molecule has 1 atom stereocenters. The van der Waals surface area contributed by atoms with E-state index in [1.165, 1.54) is 37.3 Å². The van der Waals surface area contributed by atoms with Gasteiger partial charge in [0.25, 0.3) is 0 Å². The Morgan fingerprint density at radius 3 is 2.86 bits per heavy atom. The van der Waals surface area contributed by atoms with Crippen molar-refractivity contribution in [3.8, 4) is 0 Å². The summed E-state index contributed by atoms with van der Waals surface area (Å²) in [5, 5.41) is 4.10. The van der Waals surface area contributed by atoms with E-state index in [4.69, 9.17) is 11.6 Å². The summed E-state index contributed by atoms with van der Waals surface area (Å²) < 4.78 is 14.3. The number of hydrogen-bond acceptors (Lipinski definition) is 1. The molecular formula is C18H25ClFN. The predicted octanol–water partition coefficient (Wildman–Crippen LogP) is 5.80. The molecule has 1 nitrogen and oxygen atoms in total. The van der Waals surface area contributed by atoms with Crippen LogP contribution >= 0.6 is 11.6 Å². The van der Waals surface area contributed by atoms with Gasteiger partial charge in [-0.2, -0.15) is 0 Å². The van der Waals surface area contributed by atoms with Crippen LogP contribution in [0.5, 0.6) is 0 Å². The molecule has 0 saturated heterocycles.